The predicted molar refractivity (Wildman–Crippen MR) is 79.4 cm³/mol. The Balaban J connectivity index is 2.02. The predicted octanol–water partition coefficient (Wildman–Crippen LogP) is 3.56. The highest BCUT2D eigenvalue weighted by atomic mass is 19.1. The number of nitrogens with zero attached hydrogens (tertiary/aromatic N) is 1. The lowest BCUT2D eigenvalue weighted by molar-refractivity contribution is 0.412. The number of halogens is 1. The van der Waals surface area contributed by atoms with Gasteiger partial charge in [-0.2, -0.15) is 5.26 Å². The minimum atomic E-state index is -0.234. The Morgan fingerprint density at radius 1 is 1.24 bits per heavy atom. The third-order valence-corrected chi connectivity index (χ3v) is 3.37. The molecule has 0 aliphatic rings. The molecule has 1 atom stereocenters. The summed E-state index contributed by atoms with van der Waals surface area (Å²) < 4.78 is 18.1. The summed E-state index contributed by atoms with van der Waals surface area (Å²) in [7, 11) is 1.55. The molecule has 0 fully saturated rings. The van der Waals surface area contributed by atoms with Crippen LogP contribution in [-0.2, 0) is 6.54 Å². The van der Waals surface area contributed by atoms with E-state index in [2.05, 4.69) is 11.4 Å². The number of nitrogens with one attached hydrogen (secondary N) is 1. The molecule has 21 heavy (non-hydrogen) atoms. The maximum Gasteiger partial charge on any atom is 0.136 e. The highest BCUT2D eigenvalue weighted by Crippen LogP contribution is 2.20. The summed E-state index contributed by atoms with van der Waals surface area (Å²) in [5, 5.41) is 12.3. The van der Waals surface area contributed by atoms with Crippen LogP contribution in [0.3, 0.4) is 0 Å². The van der Waals surface area contributed by atoms with Gasteiger partial charge in [0.15, 0.2) is 0 Å². The van der Waals surface area contributed by atoms with Crippen molar-refractivity contribution >= 4 is 0 Å². The molecule has 0 aliphatic heterocycles. The smallest absolute Gasteiger partial charge is 0.136 e. The van der Waals surface area contributed by atoms with Crippen LogP contribution in [0.25, 0.3) is 0 Å². The molecule has 0 radical (unpaired) electrons. The Labute approximate surface area is 124 Å². The van der Waals surface area contributed by atoms with Gasteiger partial charge in [-0.1, -0.05) is 18.2 Å². The number of rotatable bonds is 5. The van der Waals surface area contributed by atoms with Crippen molar-refractivity contribution in [2.45, 2.75) is 19.5 Å². The lowest BCUT2D eigenvalue weighted by atomic mass is 10.1. The Bertz CT molecular complexity index is 647. The molecule has 2 aromatic carbocycles. The van der Waals surface area contributed by atoms with Gasteiger partial charge in [0, 0.05) is 12.6 Å². The van der Waals surface area contributed by atoms with Crippen LogP contribution in [0, 0.1) is 17.1 Å². The molecular formula is C17H17FN2O. The van der Waals surface area contributed by atoms with Crippen molar-refractivity contribution in [3.63, 3.8) is 0 Å². The van der Waals surface area contributed by atoms with E-state index < -0.39 is 0 Å². The fourth-order valence-corrected chi connectivity index (χ4v) is 2.08. The summed E-state index contributed by atoms with van der Waals surface area (Å²) in [6.45, 7) is 2.66. The second-order valence-corrected chi connectivity index (χ2v) is 4.80. The molecule has 4 heteroatoms. The first-order valence-corrected chi connectivity index (χ1v) is 6.70. The van der Waals surface area contributed by atoms with Crippen LogP contribution in [0.1, 0.15) is 29.7 Å². The van der Waals surface area contributed by atoms with E-state index >= 15 is 0 Å². The van der Waals surface area contributed by atoms with Crippen molar-refractivity contribution in [2.75, 3.05) is 7.11 Å². The number of nitriles is 1. The quantitative estimate of drug-likeness (QED) is 0.913. The lowest BCUT2D eigenvalue weighted by Gasteiger charge is -2.15. The molecule has 0 amide bonds. The van der Waals surface area contributed by atoms with Crippen LogP contribution in [0.4, 0.5) is 4.39 Å². The maximum absolute atomic E-state index is 12.9. The van der Waals surface area contributed by atoms with Crippen LogP contribution in [0.5, 0.6) is 5.75 Å². The van der Waals surface area contributed by atoms with Crippen LogP contribution in [0.2, 0.25) is 0 Å². The van der Waals surface area contributed by atoms with Crippen molar-refractivity contribution in [3.05, 3.63) is 65.0 Å². The molecule has 3 nitrogen and oxygen atoms in total. The van der Waals surface area contributed by atoms with Crippen molar-refractivity contribution in [1.82, 2.24) is 5.32 Å². The number of ether oxygens (including phenoxy) is 1. The van der Waals surface area contributed by atoms with Crippen molar-refractivity contribution in [3.8, 4) is 11.8 Å². The fraction of sp³-hybridized carbons (Fsp3) is 0.235. The van der Waals surface area contributed by atoms with E-state index in [9.17, 15) is 4.39 Å². The highest BCUT2D eigenvalue weighted by molar-refractivity contribution is 5.45. The number of methoxy groups -OCH3 is 1. The molecule has 0 spiro atoms. The molecule has 108 valence electrons. The Kier molecular flexibility index (Phi) is 4.91. The zero-order valence-corrected chi connectivity index (χ0v) is 12.1. The topological polar surface area (TPSA) is 45.0 Å². The van der Waals surface area contributed by atoms with E-state index in [4.69, 9.17) is 10.00 Å². The summed E-state index contributed by atoms with van der Waals surface area (Å²) in [5.41, 5.74) is 2.57. The van der Waals surface area contributed by atoms with Gasteiger partial charge in [-0.25, -0.2) is 4.39 Å². The van der Waals surface area contributed by atoms with E-state index in [0.717, 1.165) is 11.1 Å². The zero-order chi connectivity index (χ0) is 15.2. The van der Waals surface area contributed by atoms with Gasteiger partial charge >= 0.3 is 0 Å². The average molecular weight is 284 g/mol. The van der Waals surface area contributed by atoms with Crippen LogP contribution in [-0.4, -0.2) is 7.11 Å². The monoisotopic (exact) mass is 284 g/mol. The van der Waals surface area contributed by atoms with Gasteiger partial charge in [0.1, 0.15) is 17.6 Å². The summed E-state index contributed by atoms with van der Waals surface area (Å²) in [6, 6.07) is 14.1. The first kappa shape index (κ1) is 15.0. The third-order valence-electron chi connectivity index (χ3n) is 3.37. The van der Waals surface area contributed by atoms with Gasteiger partial charge < -0.3 is 10.1 Å². The molecule has 2 aromatic rings. The van der Waals surface area contributed by atoms with Crippen LogP contribution < -0.4 is 10.1 Å². The normalized spacial score (nSPS) is 11.7. The van der Waals surface area contributed by atoms with Gasteiger partial charge in [0.25, 0.3) is 0 Å². The first-order valence-electron chi connectivity index (χ1n) is 6.70. The second kappa shape index (κ2) is 6.87. The Morgan fingerprint density at radius 2 is 1.95 bits per heavy atom. The number of hydrogen-bond acceptors (Lipinski definition) is 3. The molecule has 0 heterocycles. The minimum absolute atomic E-state index is 0.104. The Morgan fingerprint density at radius 3 is 2.57 bits per heavy atom. The van der Waals surface area contributed by atoms with E-state index in [1.807, 2.05) is 19.1 Å². The van der Waals surface area contributed by atoms with Crippen molar-refractivity contribution in [2.24, 2.45) is 0 Å². The molecule has 0 saturated carbocycles. The largest absolute Gasteiger partial charge is 0.495 e. The van der Waals surface area contributed by atoms with Gasteiger partial charge in [-0.05, 0) is 42.3 Å². The molecule has 0 aliphatic carbocycles. The van der Waals surface area contributed by atoms with E-state index in [-0.39, 0.29) is 11.9 Å². The van der Waals surface area contributed by atoms with Crippen molar-refractivity contribution in [1.29, 1.82) is 5.26 Å². The summed E-state index contributed by atoms with van der Waals surface area (Å²) in [5.74, 6) is 0.342. The maximum atomic E-state index is 12.9. The molecule has 0 bridgehead atoms. The second-order valence-electron chi connectivity index (χ2n) is 4.80. The molecule has 0 aromatic heterocycles. The highest BCUT2D eigenvalue weighted by Gasteiger charge is 2.07. The van der Waals surface area contributed by atoms with Crippen LogP contribution in [0.15, 0.2) is 42.5 Å². The summed E-state index contributed by atoms with van der Waals surface area (Å²) in [4.78, 5) is 0. The van der Waals surface area contributed by atoms with E-state index in [1.165, 1.54) is 12.1 Å². The van der Waals surface area contributed by atoms with Crippen LogP contribution >= 0.6 is 0 Å². The van der Waals surface area contributed by atoms with Gasteiger partial charge in [-0.3, -0.25) is 0 Å². The molecule has 0 saturated heterocycles. The SMILES string of the molecule is COc1cc(CN[C@@H](C)c2ccc(F)cc2)ccc1C#N. The third kappa shape index (κ3) is 3.80. The van der Waals surface area contributed by atoms with Gasteiger partial charge in [0.05, 0.1) is 12.7 Å². The Hall–Kier alpha value is -2.38. The molecule has 2 rings (SSSR count). The van der Waals surface area contributed by atoms with E-state index in [1.54, 1.807) is 25.3 Å². The fourth-order valence-electron chi connectivity index (χ4n) is 2.08. The van der Waals surface area contributed by atoms with Gasteiger partial charge in [0.2, 0.25) is 0 Å². The zero-order valence-electron chi connectivity index (χ0n) is 12.1. The first-order chi connectivity index (χ1) is 10.1. The molecule has 1 N–H and O–H groups in total. The molecule has 0 unspecified atom stereocenters. The lowest BCUT2D eigenvalue weighted by Crippen LogP contribution is -2.18. The van der Waals surface area contributed by atoms with E-state index in [0.29, 0.717) is 17.9 Å². The minimum Gasteiger partial charge on any atom is -0.495 e. The standard InChI is InChI=1S/C17H17FN2O/c1-12(14-5-7-16(18)8-6-14)20-11-13-3-4-15(10-19)17(9-13)21-2/h3-9,12,20H,11H2,1-2H3/t12-/m0/s1. The molecular weight excluding hydrogens is 267 g/mol. The summed E-state index contributed by atoms with van der Waals surface area (Å²) in [6.07, 6.45) is 0. The van der Waals surface area contributed by atoms with Gasteiger partial charge in [-0.15, -0.1) is 0 Å². The number of benzene rings is 2. The van der Waals surface area contributed by atoms with Crippen molar-refractivity contribution < 1.29 is 9.13 Å². The summed E-state index contributed by atoms with van der Waals surface area (Å²) >= 11 is 0. The number of hydrogen-bond donors (Lipinski definition) is 1. The average Bonchev–Trinajstić information content (AvgIpc) is 2.52.